The lowest BCUT2D eigenvalue weighted by Crippen LogP contribution is -2.22. The van der Waals surface area contributed by atoms with Gasteiger partial charge in [-0.1, -0.05) is 12.2 Å². The van der Waals surface area contributed by atoms with Gasteiger partial charge < -0.3 is 5.32 Å². The van der Waals surface area contributed by atoms with Crippen LogP contribution >= 0.6 is 24.0 Å². The molecule has 0 aliphatic carbocycles. The minimum atomic E-state index is 0. The molecule has 0 aromatic carbocycles. The lowest BCUT2D eigenvalue weighted by Gasteiger charge is -2.12. The Morgan fingerprint density at radius 2 is 1.75 bits per heavy atom. The molecule has 1 rings (SSSR count). The third-order valence-corrected chi connectivity index (χ3v) is 1.31. The maximum atomic E-state index is 3.87. The van der Waals surface area contributed by atoms with E-state index in [0.29, 0.717) is 0 Å². The van der Waals surface area contributed by atoms with Crippen LogP contribution in [0.3, 0.4) is 0 Å². The largest absolute Gasteiger partial charge is 0.316 e. The first-order chi connectivity index (χ1) is 3.39. The highest BCUT2D eigenvalue weighted by atomic mass is 127. The van der Waals surface area contributed by atoms with Crippen molar-refractivity contribution in [3.63, 3.8) is 0 Å². The SMILES string of the molecule is C=C1CCNCC1.I. The first-order valence-electron chi connectivity index (χ1n) is 2.77. The van der Waals surface area contributed by atoms with Crippen molar-refractivity contribution in [2.24, 2.45) is 0 Å². The first-order valence-corrected chi connectivity index (χ1v) is 2.77. The number of halogens is 1. The van der Waals surface area contributed by atoms with Crippen molar-refractivity contribution >= 4 is 24.0 Å². The molecule has 0 spiro atoms. The molecular weight excluding hydrogens is 213 g/mol. The summed E-state index contributed by atoms with van der Waals surface area (Å²) in [5.74, 6) is 0. The minimum absolute atomic E-state index is 0. The van der Waals surface area contributed by atoms with E-state index in [9.17, 15) is 0 Å². The van der Waals surface area contributed by atoms with E-state index in [2.05, 4.69) is 11.9 Å². The van der Waals surface area contributed by atoms with Gasteiger partial charge in [0.1, 0.15) is 0 Å². The van der Waals surface area contributed by atoms with Crippen molar-refractivity contribution in [2.75, 3.05) is 13.1 Å². The summed E-state index contributed by atoms with van der Waals surface area (Å²) in [6.07, 6.45) is 2.36. The van der Waals surface area contributed by atoms with Crippen LogP contribution in [0.2, 0.25) is 0 Å². The molecular formula is C6H12IN. The van der Waals surface area contributed by atoms with E-state index in [1.165, 1.54) is 18.4 Å². The summed E-state index contributed by atoms with van der Waals surface area (Å²) >= 11 is 0. The van der Waals surface area contributed by atoms with Gasteiger partial charge in [0.25, 0.3) is 0 Å². The fraction of sp³-hybridized carbons (Fsp3) is 0.667. The monoisotopic (exact) mass is 225 g/mol. The molecule has 0 aromatic heterocycles. The number of hydrogen-bond donors (Lipinski definition) is 1. The molecule has 1 nitrogen and oxygen atoms in total. The van der Waals surface area contributed by atoms with Crippen LogP contribution in [0.15, 0.2) is 12.2 Å². The standard InChI is InChI=1S/C6H11N.HI/c1-6-2-4-7-5-3-6;/h7H,1-5H2;1H. The van der Waals surface area contributed by atoms with Crippen LogP contribution < -0.4 is 5.32 Å². The fourth-order valence-electron chi connectivity index (χ4n) is 0.780. The molecule has 2 heteroatoms. The van der Waals surface area contributed by atoms with Crippen LogP contribution in [-0.2, 0) is 0 Å². The van der Waals surface area contributed by atoms with Crippen molar-refractivity contribution in [2.45, 2.75) is 12.8 Å². The average molecular weight is 225 g/mol. The van der Waals surface area contributed by atoms with Gasteiger partial charge in [-0.15, -0.1) is 24.0 Å². The molecule has 0 bridgehead atoms. The molecule has 1 aliphatic heterocycles. The van der Waals surface area contributed by atoms with Crippen LogP contribution in [0.1, 0.15) is 12.8 Å². The summed E-state index contributed by atoms with van der Waals surface area (Å²) < 4.78 is 0. The second kappa shape index (κ2) is 4.32. The van der Waals surface area contributed by atoms with E-state index in [1.54, 1.807) is 0 Å². The Balaban J connectivity index is 0.000000490. The van der Waals surface area contributed by atoms with E-state index in [-0.39, 0.29) is 24.0 Å². The minimum Gasteiger partial charge on any atom is -0.316 e. The maximum Gasteiger partial charge on any atom is -0.00116 e. The van der Waals surface area contributed by atoms with Crippen molar-refractivity contribution in [1.82, 2.24) is 5.32 Å². The smallest absolute Gasteiger partial charge is 0.00116 e. The Hall–Kier alpha value is 0.430. The van der Waals surface area contributed by atoms with E-state index in [4.69, 9.17) is 0 Å². The third-order valence-electron chi connectivity index (χ3n) is 1.31. The second-order valence-corrected chi connectivity index (χ2v) is 2.00. The van der Waals surface area contributed by atoms with Gasteiger partial charge in [0.15, 0.2) is 0 Å². The molecule has 0 unspecified atom stereocenters. The normalized spacial score (nSPS) is 19.8. The fourth-order valence-corrected chi connectivity index (χ4v) is 0.780. The summed E-state index contributed by atoms with van der Waals surface area (Å²) in [6, 6.07) is 0. The highest BCUT2D eigenvalue weighted by Crippen LogP contribution is 2.04. The molecule has 8 heavy (non-hydrogen) atoms. The molecule has 1 saturated heterocycles. The summed E-state index contributed by atoms with van der Waals surface area (Å²) in [4.78, 5) is 0. The number of hydrogen-bond acceptors (Lipinski definition) is 1. The Bertz CT molecular complexity index is 72.6. The van der Waals surface area contributed by atoms with E-state index in [0.717, 1.165) is 13.1 Å². The lowest BCUT2D eigenvalue weighted by atomic mass is 10.1. The van der Waals surface area contributed by atoms with Crippen molar-refractivity contribution in [3.05, 3.63) is 12.2 Å². The van der Waals surface area contributed by atoms with Gasteiger partial charge in [0.2, 0.25) is 0 Å². The van der Waals surface area contributed by atoms with Crippen molar-refractivity contribution < 1.29 is 0 Å². The molecule has 1 N–H and O–H groups in total. The van der Waals surface area contributed by atoms with Gasteiger partial charge >= 0.3 is 0 Å². The summed E-state index contributed by atoms with van der Waals surface area (Å²) in [5, 5.41) is 3.25. The van der Waals surface area contributed by atoms with E-state index < -0.39 is 0 Å². The Kier molecular flexibility index (Phi) is 4.56. The van der Waals surface area contributed by atoms with Gasteiger partial charge in [-0.05, 0) is 25.9 Å². The molecule has 1 heterocycles. The average Bonchev–Trinajstić information content (AvgIpc) is 1.69. The maximum absolute atomic E-state index is 3.87. The zero-order valence-corrected chi connectivity index (χ0v) is 7.27. The topological polar surface area (TPSA) is 12.0 Å². The number of piperidine rings is 1. The van der Waals surface area contributed by atoms with Crippen LogP contribution in [0.5, 0.6) is 0 Å². The molecule has 0 aromatic rings. The molecule has 0 amide bonds. The second-order valence-electron chi connectivity index (χ2n) is 2.00. The zero-order chi connectivity index (χ0) is 5.11. The summed E-state index contributed by atoms with van der Waals surface area (Å²) in [7, 11) is 0. The first kappa shape index (κ1) is 8.43. The van der Waals surface area contributed by atoms with Crippen LogP contribution in [0.4, 0.5) is 0 Å². The van der Waals surface area contributed by atoms with Gasteiger partial charge in [-0.25, -0.2) is 0 Å². The molecule has 0 radical (unpaired) electrons. The number of rotatable bonds is 0. The van der Waals surface area contributed by atoms with Gasteiger partial charge in [0, 0.05) is 0 Å². The lowest BCUT2D eigenvalue weighted by molar-refractivity contribution is 0.612. The molecule has 1 aliphatic rings. The number of nitrogens with one attached hydrogen (secondary N) is 1. The van der Waals surface area contributed by atoms with Gasteiger partial charge in [-0.2, -0.15) is 0 Å². The Morgan fingerprint density at radius 3 is 2.00 bits per heavy atom. The predicted molar refractivity (Wildman–Crippen MR) is 46.7 cm³/mol. The highest BCUT2D eigenvalue weighted by Gasteiger charge is 1.98. The predicted octanol–water partition coefficient (Wildman–Crippen LogP) is 1.54. The Labute approximate surface area is 67.6 Å². The van der Waals surface area contributed by atoms with Crippen LogP contribution in [0, 0.1) is 0 Å². The molecule has 0 atom stereocenters. The van der Waals surface area contributed by atoms with Gasteiger partial charge in [0.05, 0.1) is 0 Å². The van der Waals surface area contributed by atoms with Crippen molar-refractivity contribution in [1.29, 1.82) is 0 Å². The van der Waals surface area contributed by atoms with Gasteiger partial charge in [-0.3, -0.25) is 0 Å². The molecule has 48 valence electrons. The quantitative estimate of drug-likeness (QED) is 0.487. The van der Waals surface area contributed by atoms with Crippen molar-refractivity contribution in [3.8, 4) is 0 Å². The summed E-state index contributed by atoms with van der Waals surface area (Å²) in [6.45, 7) is 6.15. The molecule has 0 saturated carbocycles. The van der Waals surface area contributed by atoms with E-state index in [1.807, 2.05) is 0 Å². The summed E-state index contributed by atoms with van der Waals surface area (Å²) in [5.41, 5.74) is 1.40. The zero-order valence-electron chi connectivity index (χ0n) is 4.94. The molecule has 1 fully saturated rings. The highest BCUT2D eigenvalue weighted by molar-refractivity contribution is 14.0. The Morgan fingerprint density at radius 1 is 1.25 bits per heavy atom. The third kappa shape index (κ3) is 2.67. The van der Waals surface area contributed by atoms with Crippen LogP contribution in [-0.4, -0.2) is 13.1 Å². The van der Waals surface area contributed by atoms with E-state index >= 15 is 0 Å². The van der Waals surface area contributed by atoms with Crippen LogP contribution in [0.25, 0.3) is 0 Å².